The van der Waals surface area contributed by atoms with Crippen molar-refractivity contribution in [2.75, 3.05) is 6.61 Å². The van der Waals surface area contributed by atoms with Crippen molar-refractivity contribution in [3.05, 3.63) is 54.6 Å². The molecule has 1 aromatic rings. The molecule has 0 saturated heterocycles. The van der Waals surface area contributed by atoms with Crippen molar-refractivity contribution in [3.8, 4) is 0 Å². The summed E-state index contributed by atoms with van der Waals surface area (Å²) in [4.78, 5) is 0. The van der Waals surface area contributed by atoms with E-state index in [4.69, 9.17) is 0 Å². The molecule has 0 heterocycles. The van der Waals surface area contributed by atoms with E-state index in [1.54, 1.807) is 0 Å². The molecule has 0 aromatic heterocycles. The van der Waals surface area contributed by atoms with E-state index in [9.17, 15) is 5.11 Å². The van der Waals surface area contributed by atoms with Crippen LogP contribution in [-0.4, -0.2) is 23.8 Å². The van der Waals surface area contributed by atoms with Crippen molar-refractivity contribution in [1.29, 1.82) is 0 Å². The Bertz CT molecular complexity index is 413. The Balaban J connectivity index is 2.48. The standard InChI is InChI=1S/C20H31NO/c1-3-5-6-10-14-19(11-4-2)21-20(17-22)16-15-18-12-8-7-9-13-18/h4,7-9,12-13,15-16,19-22H,2-3,5-6,10-11,14,17H2,1H3/b16-15+/t19-,20-/m1/s1. The van der Waals surface area contributed by atoms with Gasteiger partial charge in [0.05, 0.1) is 6.61 Å². The monoisotopic (exact) mass is 301 g/mol. The van der Waals surface area contributed by atoms with Crippen molar-refractivity contribution in [2.45, 2.75) is 57.5 Å². The first-order chi connectivity index (χ1) is 10.8. The molecule has 0 radical (unpaired) electrons. The van der Waals surface area contributed by atoms with Crippen LogP contribution in [0.2, 0.25) is 0 Å². The molecule has 0 unspecified atom stereocenters. The topological polar surface area (TPSA) is 32.3 Å². The second kappa shape index (κ2) is 12.2. The highest BCUT2D eigenvalue weighted by atomic mass is 16.3. The second-order valence-electron chi connectivity index (χ2n) is 5.80. The van der Waals surface area contributed by atoms with Crippen LogP contribution in [0.25, 0.3) is 6.08 Å². The molecule has 0 aliphatic carbocycles. The van der Waals surface area contributed by atoms with Crippen LogP contribution >= 0.6 is 0 Å². The second-order valence-corrected chi connectivity index (χ2v) is 5.80. The third kappa shape index (κ3) is 8.16. The molecule has 2 nitrogen and oxygen atoms in total. The lowest BCUT2D eigenvalue weighted by Crippen LogP contribution is -2.39. The number of aliphatic hydroxyl groups excluding tert-OH is 1. The van der Waals surface area contributed by atoms with Gasteiger partial charge in [-0.2, -0.15) is 0 Å². The Labute approximate surface area is 136 Å². The van der Waals surface area contributed by atoms with Crippen molar-refractivity contribution in [2.24, 2.45) is 0 Å². The maximum atomic E-state index is 9.59. The first-order valence-corrected chi connectivity index (χ1v) is 8.51. The van der Waals surface area contributed by atoms with E-state index in [1.165, 1.54) is 25.7 Å². The van der Waals surface area contributed by atoms with E-state index in [-0.39, 0.29) is 12.6 Å². The Morgan fingerprint density at radius 3 is 2.59 bits per heavy atom. The van der Waals surface area contributed by atoms with Crippen LogP contribution in [0.15, 0.2) is 49.1 Å². The average molecular weight is 301 g/mol. The number of unbranched alkanes of at least 4 members (excludes halogenated alkanes) is 3. The van der Waals surface area contributed by atoms with E-state index in [0.29, 0.717) is 6.04 Å². The number of rotatable bonds is 12. The van der Waals surface area contributed by atoms with Gasteiger partial charge in [-0.25, -0.2) is 0 Å². The molecule has 0 bridgehead atoms. The summed E-state index contributed by atoms with van der Waals surface area (Å²) in [7, 11) is 0. The molecule has 0 aliphatic heterocycles. The molecule has 1 rings (SSSR count). The SMILES string of the molecule is C=CC[C@H](CCCCCC)N[C@H](/C=C/c1ccccc1)CO. The lowest BCUT2D eigenvalue weighted by atomic mass is 10.0. The first-order valence-electron chi connectivity index (χ1n) is 8.51. The number of nitrogens with one attached hydrogen (secondary N) is 1. The molecule has 2 N–H and O–H groups in total. The smallest absolute Gasteiger partial charge is 0.0620 e. The third-order valence-electron chi connectivity index (χ3n) is 3.82. The van der Waals surface area contributed by atoms with Crippen LogP contribution in [-0.2, 0) is 0 Å². The lowest BCUT2D eigenvalue weighted by Gasteiger charge is -2.22. The highest BCUT2D eigenvalue weighted by molar-refractivity contribution is 5.49. The quantitative estimate of drug-likeness (QED) is 0.438. The minimum atomic E-state index is -0.00340. The van der Waals surface area contributed by atoms with Gasteiger partial charge in [0.15, 0.2) is 0 Å². The van der Waals surface area contributed by atoms with Crippen molar-refractivity contribution in [3.63, 3.8) is 0 Å². The summed E-state index contributed by atoms with van der Waals surface area (Å²) in [6.07, 6.45) is 13.3. The fraction of sp³-hybridized carbons (Fsp3) is 0.500. The third-order valence-corrected chi connectivity index (χ3v) is 3.82. The van der Waals surface area contributed by atoms with Gasteiger partial charge in [-0.3, -0.25) is 0 Å². The molecular weight excluding hydrogens is 270 g/mol. The van der Waals surface area contributed by atoms with Crippen LogP contribution in [0.5, 0.6) is 0 Å². The van der Waals surface area contributed by atoms with Crippen LogP contribution in [0, 0.1) is 0 Å². The van der Waals surface area contributed by atoms with Gasteiger partial charge in [0, 0.05) is 12.1 Å². The van der Waals surface area contributed by atoms with Gasteiger partial charge in [0.2, 0.25) is 0 Å². The molecule has 2 atom stereocenters. The van der Waals surface area contributed by atoms with E-state index < -0.39 is 0 Å². The molecule has 0 spiro atoms. The molecule has 2 heteroatoms. The van der Waals surface area contributed by atoms with Crippen molar-refractivity contribution in [1.82, 2.24) is 5.32 Å². The van der Waals surface area contributed by atoms with Crippen molar-refractivity contribution >= 4 is 6.08 Å². The first kappa shape index (κ1) is 18.7. The van der Waals surface area contributed by atoms with Gasteiger partial charge in [-0.15, -0.1) is 6.58 Å². The van der Waals surface area contributed by atoms with Gasteiger partial charge in [-0.1, -0.05) is 81.2 Å². The fourth-order valence-corrected chi connectivity index (χ4v) is 2.55. The summed E-state index contributed by atoms with van der Waals surface area (Å²) in [5.41, 5.74) is 1.16. The molecule has 0 amide bonds. The van der Waals surface area contributed by atoms with Gasteiger partial charge in [-0.05, 0) is 18.4 Å². The molecule has 0 fully saturated rings. The largest absolute Gasteiger partial charge is 0.394 e. The van der Waals surface area contributed by atoms with Gasteiger partial charge >= 0.3 is 0 Å². The normalized spacial score (nSPS) is 14.1. The van der Waals surface area contributed by atoms with Crippen LogP contribution < -0.4 is 5.32 Å². The summed E-state index contributed by atoms with van der Waals surface area (Å²) in [5.74, 6) is 0. The number of benzene rings is 1. The zero-order chi connectivity index (χ0) is 16.0. The predicted octanol–water partition coefficient (Wildman–Crippen LogP) is 4.57. The van der Waals surface area contributed by atoms with Crippen molar-refractivity contribution < 1.29 is 5.11 Å². The summed E-state index contributed by atoms with van der Waals surface area (Å²) in [6, 6.07) is 10.6. The minimum Gasteiger partial charge on any atom is -0.394 e. The molecule has 0 saturated carbocycles. The number of hydrogen-bond acceptors (Lipinski definition) is 2. The lowest BCUT2D eigenvalue weighted by molar-refractivity contribution is 0.251. The maximum Gasteiger partial charge on any atom is 0.0620 e. The summed E-state index contributed by atoms with van der Waals surface area (Å²) in [5, 5.41) is 13.1. The highest BCUT2D eigenvalue weighted by Gasteiger charge is 2.11. The Morgan fingerprint density at radius 2 is 1.95 bits per heavy atom. The van der Waals surface area contributed by atoms with Gasteiger partial charge < -0.3 is 10.4 Å². The zero-order valence-electron chi connectivity index (χ0n) is 13.9. The highest BCUT2D eigenvalue weighted by Crippen LogP contribution is 2.10. The predicted molar refractivity (Wildman–Crippen MR) is 96.8 cm³/mol. The zero-order valence-corrected chi connectivity index (χ0v) is 13.9. The van der Waals surface area contributed by atoms with E-state index >= 15 is 0 Å². The minimum absolute atomic E-state index is 0.00340. The molecule has 0 aliphatic rings. The van der Waals surface area contributed by atoms with Gasteiger partial charge in [0.1, 0.15) is 0 Å². The Kier molecular flexibility index (Phi) is 10.3. The summed E-state index contributed by atoms with van der Waals surface area (Å²) >= 11 is 0. The van der Waals surface area contributed by atoms with Crippen LogP contribution in [0.4, 0.5) is 0 Å². The summed E-state index contributed by atoms with van der Waals surface area (Å²) < 4.78 is 0. The van der Waals surface area contributed by atoms with E-state index in [0.717, 1.165) is 18.4 Å². The molecule has 122 valence electrons. The van der Waals surface area contributed by atoms with Crippen LogP contribution in [0.1, 0.15) is 51.0 Å². The van der Waals surface area contributed by atoms with E-state index in [2.05, 4.69) is 43.1 Å². The number of hydrogen-bond donors (Lipinski definition) is 2. The van der Waals surface area contributed by atoms with Crippen LogP contribution in [0.3, 0.4) is 0 Å². The Morgan fingerprint density at radius 1 is 1.18 bits per heavy atom. The molecule has 1 aromatic carbocycles. The molecule has 22 heavy (non-hydrogen) atoms. The molecular formula is C20H31NO. The maximum absolute atomic E-state index is 9.59. The van der Waals surface area contributed by atoms with E-state index in [1.807, 2.05) is 24.3 Å². The average Bonchev–Trinajstić information content (AvgIpc) is 2.56. The Hall–Kier alpha value is -1.38. The fourth-order valence-electron chi connectivity index (χ4n) is 2.55. The number of aliphatic hydroxyl groups is 1. The summed E-state index contributed by atoms with van der Waals surface area (Å²) in [6.45, 7) is 6.20. The van der Waals surface area contributed by atoms with Gasteiger partial charge in [0.25, 0.3) is 0 Å².